The third-order valence-corrected chi connectivity index (χ3v) is 4.85. The van der Waals surface area contributed by atoms with Crippen molar-refractivity contribution < 1.29 is 18.0 Å². The van der Waals surface area contributed by atoms with Gasteiger partial charge in [-0.15, -0.1) is 11.3 Å². The Kier molecular flexibility index (Phi) is 5.78. The van der Waals surface area contributed by atoms with Crippen LogP contribution in [-0.4, -0.2) is 15.5 Å². The molecule has 1 amide bonds. The van der Waals surface area contributed by atoms with E-state index in [0.717, 1.165) is 16.9 Å². The van der Waals surface area contributed by atoms with Gasteiger partial charge in [0.05, 0.1) is 11.3 Å². The van der Waals surface area contributed by atoms with Crippen LogP contribution in [0.4, 0.5) is 18.3 Å². The van der Waals surface area contributed by atoms with E-state index in [2.05, 4.69) is 10.3 Å². The third kappa shape index (κ3) is 4.73. The average Bonchev–Trinajstić information content (AvgIpc) is 3.06. The van der Waals surface area contributed by atoms with Gasteiger partial charge in [0.2, 0.25) is 5.91 Å². The van der Waals surface area contributed by atoms with Crippen molar-refractivity contribution in [1.82, 2.24) is 9.55 Å². The van der Waals surface area contributed by atoms with Crippen molar-refractivity contribution in [2.45, 2.75) is 12.7 Å². The highest BCUT2D eigenvalue weighted by molar-refractivity contribution is 7.14. The number of aromatic nitrogens is 2. The van der Waals surface area contributed by atoms with E-state index in [1.165, 1.54) is 0 Å². The van der Waals surface area contributed by atoms with Crippen molar-refractivity contribution in [3.63, 3.8) is 0 Å². The molecule has 3 aromatic rings. The molecule has 5 nitrogen and oxygen atoms in total. The second-order valence-electron chi connectivity index (χ2n) is 5.60. The largest absolute Gasteiger partial charge is 0.417 e. The van der Waals surface area contributed by atoms with E-state index in [4.69, 9.17) is 23.2 Å². The smallest absolute Gasteiger partial charge is 0.304 e. The van der Waals surface area contributed by atoms with Crippen molar-refractivity contribution in [3.05, 3.63) is 67.9 Å². The van der Waals surface area contributed by atoms with E-state index in [1.807, 2.05) is 0 Å². The number of alkyl halides is 3. The fourth-order valence-electron chi connectivity index (χ4n) is 2.27. The van der Waals surface area contributed by atoms with Crippen LogP contribution in [0.15, 0.2) is 46.7 Å². The molecule has 3 rings (SSSR count). The summed E-state index contributed by atoms with van der Waals surface area (Å²) in [6.45, 7) is -0.641. The van der Waals surface area contributed by atoms with Gasteiger partial charge in [-0.3, -0.25) is 9.59 Å². The SMILES string of the molecule is O=C(Cn1cc(C(F)(F)F)cc(Cl)c1=O)Nc1nc(-c2ccc(Cl)cc2)cs1. The van der Waals surface area contributed by atoms with Gasteiger partial charge < -0.3 is 9.88 Å². The van der Waals surface area contributed by atoms with E-state index in [0.29, 0.717) is 27.5 Å². The summed E-state index contributed by atoms with van der Waals surface area (Å²) in [7, 11) is 0. The molecule has 0 aliphatic heterocycles. The van der Waals surface area contributed by atoms with E-state index >= 15 is 0 Å². The van der Waals surface area contributed by atoms with Gasteiger partial charge in [0, 0.05) is 22.2 Å². The number of nitrogens with zero attached hydrogens (tertiary/aromatic N) is 2. The maximum atomic E-state index is 12.9. The number of hydrogen-bond acceptors (Lipinski definition) is 4. The molecule has 0 fully saturated rings. The predicted molar refractivity (Wildman–Crippen MR) is 102 cm³/mol. The summed E-state index contributed by atoms with van der Waals surface area (Å²) in [6, 6.07) is 7.43. The zero-order valence-corrected chi connectivity index (χ0v) is 16.1. The summed E-state index contributed by atoms with van der Waals surface area (Å²) in [5, 5.41) is 4.34. The molecule has 11 heteroatoms. The molecule has 2 aromatic heterocycles. The Hall–Kier alpha value is -2.36. The minimum atomic E-state index is -4.70. The molecule has 146 valence electrons. The molecule has 0 spiro atoms. The fourth-order valence-corrected chi connectivity index (χ4v) is 3.36. The highest BCUT2D eigenvalue weighted by Gasteiger charge is 2.32. The summed E-state index contributed by atoms with van der Waals surface area (Å²) in [6.07, 6.45) is -4.15. The first-order chi connectivity index (χ1) is 13.1. The number of carbonyl (C=O) groups excluding carboxylic acids is 1. The lowest BCUT2D eigenvalue weighted by Gasteiger charge is -2.11. The Morgan fingerprint density at radius 3 is 2.54 bits per heavy atom. The highest BCUT2D eigenvalue weighted by atomic mass is 35.5. The number of halogens is 5. The van der Waals surface area contributed by atoms with Crippen molar-refractivity contribution >= 4 is 45.6 Å². The van der Waals surface area contributed by atoms with Crippen molar-refractivity contribution in [2.75, 3.05) is 5.32 Å². The summed E-state index contributed by atoms with van der Waals surface area (Å²) in [5.41, 5.74) is -0.645. The van der Waals surface area contributed by atoms with E-state index < -0.39 is 34.8 Å². The van der Waals surface area contributed by atoms with Crippen molar-refractivity contribution in [1.29, 1.82) is 0 Å². The standard InChI is InChI=1S/C17H10Cl2F3N3O2S/c18-11-3-1-9(2-4-11)13-8-28-16(23-13)24-14(26)7-25-6-10(17(20,21)22)5-12(19)15(25)27/h1-6,8H,7H2,(H,23,24,26). The number of amides is 1. The minimum absolute atomic E-state index is 0.237. The highest BCUT2D eigenvalue weighted by Crippen LogP contribution is 2.30. The second kappa shape index (κ2) is 7.94. The molecule has 1 N–H and O–H groups in total. The van der Waals surface area contributed by atoms with Crippen molar-refractivity contribution in [3.8, 4) is 11.3 Å². The molecule has 0 saturated carbocycles. The number of nitrogens with one attached hydrogen (secondary N) is 1. The Balaban J connectivity index is 1.75. The Morgan fingerprint density at radius 1 is 1.21 bits per heavy atom. The van der Waals surface area contributed by atoms with Crippen LogP contribution in [0.2, 0.25) is 10.0 Å². The third-order valence-electron chi connectivity index (χ3n) is 3.57. The van der Waals surface area contributed by atoms with Crippen LogP contribution in [0.5, 0.6) is 0 Å². The van der Waals surface area contributed by atoms with Gasteiger partial charge in [-0.05, 0) is 18.2 Å². The number of rotatable bonds is 4. The van der Waals surface area contributed by atoms with Crippen LogP contribution in [0.25, 0.3) is 11.3 Å². The van der Waals surface area contributed by atoms with Gasteiger partial charge >= 0.3 is 6.18 Å². The number of benzene rings is 1. The first-order valence-corrected chi connectivity index (χ1v) is 9.25. The van der Waals surface area contributed by atoms with Crippen LogP contribution in [0.1, 0.15) is 5.56 Å². The van der Waals surface area contributed by atoms with Gasteiger partial charge in [0.25, 0.3) is 5.56 Å². The molecular weight excluding hydrogens is 438 g/mol. The topological polar surface area (TPSA) is 64.0 Å². The number of hydrogen-bond donors (Lipinski definition) is 1. The van der Waals surface area contributed by atoms with Crippen molar-refractivity contribution in [2.24, 2.45) is 0 Å². The first-order valence-electron chi connectivity index (χ1n) is 7.62. The fraction of sp³-hybridized carbons (Fsp3) is 0.118. The molecule has 0 aliphatic rings. The zero-order valence-electron chi connectivity index (χ0n) is 13.8. The maximum absolute atomic E-state index is 12.9. The molecule has 1 aromatic carbocycles. The summed E-state index contributed by atoms with van der Waals surface area (Å²) >= 11 is 12.5. The number of carbonyl (C=O) groups is 1. The normalized spacial score (nSPS) is 11.5. The molecule has 0 saturated heterocycles. The molecule has 0 bridgehead atoms. The van der Waals surface area contributed by atoms with E-state index in [1.54, 1.807) is 29.6 Å². The Morgan fingerprint density at radius 2 is 1.89 bits per heavy atom. The monoisotopic (exact) mass is 447 g/mol. The Bertz CT molecular complexity index is 1080. The first kappa shape index (κ1) is 20.4. The van der Waals surface area contributed by atoms with Crippen LogP contribution in [0.3, 0.4) is 0 Å². The number of anilines is 1. The van der Waals surface area contributed by atoms with Crippen LogP contribution >= 0.6 is 34.5 Å². The molecule has 0 aliphatic carbocycles. The second-order valence-corrected chi connectivity index (χ2v) is 7.30. The number of pyridine rings is 1. The van der Waals surface area contributed by atoms with Crippen LogP contribution < -0.4 is 10.9 Å². The summed E-state index contributed by atoms with van der Waals surface area (Å²) in [4.78, 5) is 28.3. The molecule has 0 radical (unpaired) electrons. The van der Waals surface area contributed by atoms with Crippen LogP contribution in [0, 0.1) is 0 Å². The average molecular weight is 448 g/mol. The molecule has 28 heavy (non-hydrogen) atoms. The maximum Gasteiger partial charge on any atom is 0.417 e. The lowest BCUT2D eigenvalue weighted by Crippen LogP contribution is -2.29. The summed E-state index contributed by atoms with van der Waals surface area (Å²) < 4.78 is 39.2. The zero-order chi connectivity index (χ0) is 20.5. The molecule has 2 heterocycles. The summed E-state index contributed by atoms with van der Waals surface area (Å²) in [5.74, 6) is -0.713. The van der Waals surface area contributed by atoms with Gasteiger partial charge in [-0.1, -0.05) is 35.3 Å². The lowest BCUT2D eigenvalue weighted by molar-refractivity contribution is -0.138. The number of thiazole rings is 1. The predicted octanol–water partition coefficient (Wildman–Crippen LogP) is 4.94. The Labute approximate surface area is 170 Å². The minimum Gasteiger partial charge on any atom is -0.304 e. The molecule has 0 unspecified atom stereocenters. The van der Waals surface area contributed by atoms with Gasteiger partial charge in [-0.2, -0.15) is 13.2 Å². The van der Waals surface area contributed by atoms with Crippen LogP contribution in [-0.2, 0) is 17.5 Å². The molecular formula is C17H10Cl2F3N3O2S. The van der Waals surface area contributed by atoms with Gasteiger partial charge in [0.1, 0.15) is 11.6 Å². The van der Waals surface area contributed by atoms with E-state index in [-0.39, 0.29) is 5.13 Å². The molecule has 0 atom stereocenters. The van der Waals surface area contributed by atoms with E-state index in [9.17, 15) is 22.8 Å². The van der Waals surface area contributed by atoms with Gasteiger partial charge in [0.15, 0.2) is 5.13 Å². The quantitative estimate of drug-likeness (QED) is 0.616. The lowest BCUT2D eigenvalue weighted by atomic mass is 10.2. The van der Waals surface area contributed by atoms with Gasteiger partial charge in [-0.25, -0.2) is 4.98 Å².